The number of carbonyl (C=O) groups excluding carboxylic acids is 3. The molecular weight excluding hydrogens is 332 g/mol. The van der Waals surface area contributed by atoms with E-state index in [1.807, 2.05) is 5.43 Å². The molecule has 1 unspecified atom stereocenters. The minimum absolute atomic E-state index is 0.122. The average molecular weight is 350 g/mol. The fraction of sp³-hybridized carbons (Fsp3) is 0.400. The standard InChI is InChI=1S/C15H18N4O6/c1-23-15(22)18-17-14(21)16-9-6-13(20)19(8-9)10-2-3-11-12(7-10)25-5-4-24-11/h2-3,7,9H,4-6,8H2,1H3,(H,18,22)(H2,16,17,21). The first-order valence-electron chi connectivity index (χ1n) is 7.67. The van der Waals surface area contributed by atoms with E-state index >= 15 is 0 Å². The van der Waals surface area contributed by atoms with Crippen LogP contribution in [0.1, 0.15) is 6.42 Å². The molecule has 3 rings (SSSR count). The quantitative estimate of drug-likeness (QED) is 0.653. The van der Waals surface area contributed by atoms with Gasteiger partial charge in [0.25, 0.3) is 0 Å². The Labute approximate surface area is 143 Å². The van der Waals surface area contributed by atoms with E-state index in [9.17, 15) is 14.4 Å². The van der Waals surface area contributed by atoms with Crippen molar-refractivity contribution in [1.29, 1.82) is 0 Å². The minimum Gasteiger partial charge on any atom is -0.486 e. The number of urea groups is 1. The molecule has 0 saturated carbocycles. The predicted molar refractivity (Wildman–Crippen MR) is 85.4 cm³/mol. The summed E-state index contributed by atoms with van der Waals surface area (Å²) in [7, 11) is 1.18. The van der Waals surface area contributed by atoms with Crippen LogP contribution in [0.15, 0.2) is 18.2 Å². The first-order chi connectivity index (χ1) is 12.1. The topological polar surface area (TPSA) is 118 Å². The van der Waals surface area contributed by atoms with Crippen molar-refractivity contribution in [2.24, 2.45) is 0 Å². The van der Waals surface area contributed by atoms with E-state index < -0.39 is 12.1 Å². The molecule has 0 bridgehead atoms. The van der Waals surface area contributed by atoms with Gasteiger partial charge in [0.15, 0.2) is 11.5 Å². The summed E-state index contributed by atoms with van der Waals surface area (Å²) >= 11 is 0. The van der Waals surface area contributed by atoms with Crippen LogP contribution in [-0.4, -0.2) is 50.9 Å². The summed E-state index contributed by atoms with van der Waals surface area (Å²) in [6, 6.07) is 4.25. The molecule has 134 valence electrons. The molecular formula is C15H18N4O6. The highest BCUT2D eigenvalue weighted by atomic mass is 16.6. The molecule has 0 aromatic heterocycles. The van der Waals surface area contributed by atoms with Gasteiger partial charge in [0.2, 0.25) is 5.91 Å². The van der Waals surface area contributed by atoms with Crippen LogP contribution in [0.5, 0.6) is 11.5 Å². The molecule has 10 heteroatoms. The molecule has 1 fully saturated rings. The van der Waals surface area contributed by atoms with Gasteiger partial charge in [0.1, 0.15) is 13.2 Å². The second-order valence-corrected chi connectivity index (χ2v) is 5.45. The van der Waals surface area contributed by atoms with Gasteiger partial charge in [-0.25, -0.2) is 20.4 Å². The fourth-order valence-corrected chi connectivity index (χ4v) is 2.63. The summed E-state index contributed by atoms with van der Waals surface area (Å²) in [5.41, 5.74) is 4.84. The maximum atomic E-state index is 12.2. The van der Waals surface area contributed by atoms with Crippen molar-refractivity contribution < 1.29 is 28.6 Å². The molecule has 1 atom stereocenters. The molecule has 2 aliphatic rings. The Bertz CT molecular complexity index is 695. The van der Waals surface area contributed by atoms with Gasteiger partial charge >= 0.3 is 12.1 Å². The molecule has 1 aromatic carbocycles. The number of hydrogen-bond donors (Lipinski definition) is 3. The maximum absolute atomic E-state index is 12.2. The Morgan fingerprint density at radius 3 is 2.72 bits per heavy atom. The number of carbonyl (C=O) groups is 3. The Balaban J connectivity index is 1.59. The zero-order valence-electron chi connectivity index (χ0n) is 13.5. The lowest BCUT2D eigenvalue weighted by atomic mass is 10.2. The maximum Gasteiger partial charge on any atom is 0.425 e. The molecule has 0 spiro atoms. The second-order valence-electron chi connectivity index (χ2n) is 5.45. The van der Waals surface area contributed by atoms with E-state index in [4.69, 9.17) is 9.47 Å². The highest BCUT2D eigenvalue weighted by Gasteiger charge is 2.32. The zero-order chi connectivity index (χ0) is 17.8. The van der Waals surface area contributed by atoms with Crippen molar-refractivity contribution in [3.05, 3.63) is 18.2 Å². The SMILES string of the molecule is COC(=O)NNC(=O)NC1CC(=O)N(c2ccc3c(c2)OCCO3)C1. The summed E-state index contributed by atoms with van der Waals surface area (Å²) in [4.78, 5) is 36.4. The lowest BCUT2D eigenvalue weighted by Gasteiger charge is -2.22. The zero-order valence-corrected chi connectivity index (χ0v) is 13.5. The van der Waals surface area contributed by atoms with Crippen LogP contribution in [0.3, 0.4) is 0 Å². The lowest BCUT2D eigenvalue weighted by molar-refractivity contribution is -0.117. The third-order valence-corrected chi connectivity index (χ3v) is 3.76. The summed E-state index contributed by atoms with van der Waals surface area (Å²) in [5, 5.41) is 2.61. The highest BCUT2D eigenvalue weighted by Crippen LogP contribution is 2.35. The number of hydrogen-bond acceptors (Lipinski definition) is 6. The summed E-state index contributed by atoms with van der Waals surface area (Å²) in [6.45, 7) is 1.27. The van der Waals surface area contributed by atoms with Gasteiger partial charge in [-0.3, -0.25) is 4.79 Å². The van der Waals surface area contributed by atoms with Crippen LogP contribution < -0.4 is 30.5 Å². The smallest absolute Gasteiger partial charge is 0.425 e. The number of fused-ring (bicyclic) bond motifs is 1. The van der Waals surface area contributed by atoms with Crippen molar-refractivity contribution in [3.63, 3.8) is 0 Å². The summed E-state index contributed by atoms with van der Waals surface area (Å²) in [5.74, 6) is 1.11. The Morgan fingerprint density at radius 2 is 1.96 bits per heavy atom. The van der Waals surface area contributed by atoms with Crippen LogP contribution in [0.25, 0.3) is 0 Å². The number of amides is 4. The molecule has 1 saturated heterocycles. The normalized spacial score (nSPS) is 18.5. The third kappa shape index (κ3) is 3.84. The lowest BCUT2D eigenvalue weighted by Crippen LogP contribution is -2.50. The molecule has 0 radical (unpaired) electrons. The monoisotopic (exact) mass is 350 g/mol. The number of benzene rings is 1. The fourth-order valence-electron chi connectivity index (χ4n) is 2.63. The number of methoxy groups -OCH3 is 1. The van der Waals surface area contributed by atoms with Gasteiger partial charge < -0.3 is 24.4 Å². The minimum atomic E-state index is -0.796. The van der Waals surface area contributed by atoms with Crippen molar-refractivity contribution in [2.45, 2.75) is 12.5 Å². The van der Waals surface area contributed by atoms with E-state index in [2.05, 4.69) is 15.5 Å². The van der Waals surface area contributed by atoms with Crippen LogP contribution in [-0.2, 0) is 9.53 Å². The summed E-state index contributed by atoms with van der Waals surface area (Å²) in [6.07, 6.45) is -0.643. The van der Waals surface area contributed by atoms with Gasteiger partial charge in [-0.1, -0.05) is 0 Å². The first kappa shape index (κ1) is 16.7. The van der Waals surface area contributed by atoms with E-state index in [0.29, 0.717) is 36.9 Å². The second kappa shape index (κ2) is 7.16. The molecule has 2 aliphatic heterocycles. The highest BCUT2D eigenvalue weighted by molar-refractivity contribution is 5.97. The van der Waals surface area contributed by atoms with Crippen LogP contribution in [0.4, 0.5) is 15.3 Å². The number of hydrazine groups is 1. The Morgan fingerprint density at radius 1 is 1.20 bits per heavy atom. The van der Waals surface area contributed by atoms with Crippen LogP contribution in [0.2, 0.25) is 0 Å². The van der Waals surface area contributed by atoms with Crippen molar-refractivity contribution >= 4 is 23.7 Å². The predicted octanol–water partition coefficient (Wildman–Crippen LogP) is 0.133. The molecule has 3 N–H and O–H groups in total. The number of ether oxygens (including phenoxy) is 3. The molecule has 4 amide bonds. The molecule has 1 aromatic rings. The van der Waals surface area contributed by atoms with E-state index in [0.717, 1.165) is 0 Å². The molecule has 2 heterocycles. The van der Waals surface area contributed by atoms with Crippen molar-refractivity contribution in [3.8, 4) is 11.5 Å². The summed E-state index contributed by atoms with van der Waals surface area (Å²) < 4.78 is 15.3. The Hall–Kier alpha value is -3.17. The molecule has 25 heavy (non-hydrogen) atoms. The van der Waals surface area contributed by atoms with Crippen LogP contribution in [0, 0.1) is 0 Å². The van der Waals surface area contributed by atoms with E-state index in [-0.39, 0.29) is 18.4 Å². The average Bonchev–Trinajstić information content (AvgIpc) is 2.99. The third-order valence-electron chi connectivity index (χ3n) is 3.76. The van der Waals surface area contributed by atoms with Crippen molar-refractivity contribution in [2.75, 3.05) is 31.8 Å². The number of nitrogens with zero attached hydrogens (tertiary/aromatic N) is 1. The van der Waals surface area contributed by atoms with E-state index in [1.54, 1.807) is 23.1 Å². The van der Waals surface area contributed by atoms with Crippen molar-refractivity contribution in [1.82, 2.24) is 16.2 Å². The van der Waals surface area contributed by atoms with Gasteiger partial charge in [0, 0.05) is 24.7 Å². The van der Waals surface area contributed by atoms with Gasteiger partial charge in [-0.2, -0.15) is 0 Å². The Kier molecular flexibility index (Phi) is 4.78. The molecule has 0 aliphatic carbocycles. The first-order valence-corrected chi connectivity index (χ1v) is 7.67. The van der Waals surface area contributed by atoms with Gasteiger partial charge in [-0.15, -0.1) is 0 Å². The van der Waals surface area contributed by atoms with E-state index in [1.165, 1.54) is 7.11 Å². The number of rotatable bonds is 2. The number of nitrogens with one attached hydrogen (secondary N) is 3. The molecule has 10 nitrogen and oxygen atoms in total. The van der Waals surface area contributed by atoms with Crippen LogP contribution >= 0.6 is 0 Å². The van der Waals surface area contributed by atoms with Gasteiger partial charge in [0.05, 0.1) is 13.2 Å². The largest absolute Gasteiger partial charge is 0.486 e. The van der Waals surface area contributed by atoms with Gasteiger partial charge in [-0.05, 0) is 12.1 Å². The number of anilines is 1.